The average Bonchev–Trinajstić information content (AvgIpc) is 2.27. The number of hydrogen-bond acceptors (Lipinski definition) is 3. The van der Waals surface area contributed by atoms with Gasteiger partial charge in [-0.15, -0.1) is 0 Å². The second-order valence-corrected chi connectivity index (χ2v) is 4.89. The predicted molar refractivity (Wildman–Crippen MR) is 74.5 cm³/mol. The lowest BCUT2D eigenvalue weighted by Gasteiger charge is -2.08. The lowest BCUT2D eigenvalue weighted by Crippen LogP contribution is -2.17. The van der Waals surface area contributed by atoms with Gasteiger partial charge in [-0.2, -0.15) is 0 Å². The third-order valence-corrected chi connectivity index (χ3v) is 2.71. The molecule has 0 aliphatic rings. The number of rotatable bonds is 6. The number of carbonyl (C=O) groups excluding carboxylic acids is 1. The van der Waals surface area contributed by atoms with Gasteiger partial charge in [0, 0.05) is 23.2 Å². The molecular formula is C13H17ClN2O3. The Hall–Kier alpha value is -1.59. The topological polar surface area (TPSA) is 92.4 Å². The number of halogens is 1. The maximum atomic E-state index is 11.6. The fraction of sp³-hybridized carbons (Fsp3) is 0.385. The van der Waals surface area contributed by atoms with Crippen LogP contribution in [0.3, 0.4) is 0 Å². The van der Waals surface area contributed by atoms with Gasteiger partial charge in [0.15, 0.2) is 0 Å². The fourth-order valence-corrected chi connectivity index (χ4v) is 1.83. The number of carbonyl (C=O) groups is 2. The number of amides is 1. The summed E-state index contributed by atoms with van der Waals surface area (Å²) in [7, 11) is 0. The van der Waals surface area contributed by atoms with Crippen LogP contribution in [0.5, 0.6) is 0 Å². The minimum Gasteiger partial charge on any atom is -0.478 e. The van der Waals surface area contributed by atoms with E-state index < -0.39 is 5.97 Å². The fourth-order valence-electron chi connectivity index (χ4n) is 1.59. The molecule has 0 aliphatic heterocycles. The summed E-state index contributed by atoms with van der Waals surface area (Å²) in [5, 5.41) is 11.8. The SMILES string of the molecule is CC(N)CCCC(=O)Nc1cc(Cl)cc(C(=O)O)c1. The minimum absolute atomic E-state index is 0.0402. The van der Waals surface area contributed by atoms with Gasteiger partial charge in [-0.05, 0) is 38.0 Å². The Labute approximate surface area is 116 Å². The van der Waals surface area contributed by atoms with Gasteiger partial charge < -0.3 is 16.2 Å². The first kappa shape index (κ1) is 15.5. The molecule has 5 nitrogen and oxygen atoms in total. The summed E-state index contributed by atoms with van der Waals surface area (Å²) in [4.78, 5) is 22.5. The Balaban J connectivity index is 2.61. The molecule has 0 fully saturated rings. The Morgan fingerprint density at radius 2 is 2.11 bits per heavy atom. The van der Waals surface area contributed by atoms with Crippen LogP contribution in [-0.4, -0.2) is 23.0 Å². The van der Waals surface area contributed by atoms with Gasteiger partial charge in [0.1, 0.15) is 0 Å². The lowest BCUT2D eigenvalue weighted by atomic mass is 10.1. The highest BCUT2D eigenvalue weighted by molar-refractivity contribution is 6.31. The molecular weight excluding hydrogens is 268 g/mol. The molecule has 1 aromatic rings. The second kappa shape index (κ2) is 7.11. The molecule has 0 saturated heterocycles. The van der Waals surface area contributed by atoms with Gasteiger partial charge in [-0.3, -0.25) is 4.79 Å². The molecule has 0 bridgehead atoms. The van der Waals surface area contributed by atoms with Crippen LogP contribution in [0.25, 0.3) is 0 Å². The minimum atomic E-state index is -1.09. The van der Waals surface area contributed by atoms with E-state index in [1.807, 2.05) is 6.92 Å². The van der Waals surface area contributed by atoms with Crippen molar-refractivity contribution in [1.82, 2.24) is 0 Å². The summed E-state index contributed by atoms with van der Waals surface area (Å²) in [5.74, 6) is -1.27. The average molecular weight is 285 g/mol. The number of hydrogen-bond donors (Lipinski definition) is 3. The van der Waals surface area contributed by atoms with Crippen molar-refractivity contribution in [3.63, 3.8) is 0 Å². The molecule has 104 valence electrons. The first-order chi connectivity index (χ1) is 8.88. The number of carboxylic acid groups (broad SMARTS) is 1. The summed E-state index contributed by atoms with van der Waals surface area (Å²) >= 11 is 5.79. The Kier molecular flexibility index (Phi) is 5.79. The third-order valence-electron chi connectivity index (χ3n) is 2.49. The summed E-state index contributed by atoms with van der Waals surface area (Å²) in [6, 6.07) is 4.28. The first-order valence-electron chi connectivity index (χ1n) is 5.98. The summed E-state index contributed by atoms with van der Waals surface area (Å²) in [6.07, 6.45) is 1.80. The molecule has 19 heavy (non-hydrogen) atoms. The molecule has 4 N–H and O–H groups in total. The van der Waals surface area contributed by atoms with Crippen molar-refractivity contribution in [1.29, 1.82) is 0 Å². The second-order valence-electron chi connectivity index (χ2n) is 4.45. The Morgan fingerprint density at radius 1 is 1.42 bits per heavy atom. The zero-order chi connectivity index (χ0) is 14.4. The van der Waals surface area contributed by atoms with E-state index >= 15 is 0 Å². The van der Waals surface area contributed by atoms with E-state index in [0.29, 0.717) is 18.5 Å². The van der Waals surface area contributed by atoms with Gasteiger partial charge in [0.25, 0.3) is 0 Å². The molecule has 1 amide bonds. The largest absolute Gasteiger partial charge is 0.478 e. The highest BCUT2D eigenvalue weighted by Gasteiger charge is 2.09. The molecule has 0 aromatic heterocycles. The summed E-state index contributed by atoms with van der Waals surface area (Å²) in [6.45, 7) is 1.88. The van der Waals surface area contributed by atoms with Crippen molar-refractivity contribution in [2.24, 2.45) is 5.73 Å². The molecule has 0 spiro atoms. The van der Waals surface area contributed by atoms with E-state index in [1.165, 1.54) is 18.2 Å². The molecule has 0 radical (unpaired) electrons. The van der Waals surface area contributed by atoms with Crippen LogP contribution in [0.4, 0.5) is 5.69 Å². The van der Waals surface area contributed by atoms with Crippen LogP contribution in [-0.2, 0) is 4.79 Å². The van der Waals surface area contributed by atoms with Crippen molar-refractivity contribution in [2.75, 3.05) is 5.32 Å². The van der Waals surface area contributed by atoms with Crippen LogP contribution in [0.1, 0.15) is 36.5 Å². The molecule has 6 heteroatoms. The number of benzene rings is 1. The number of nitrogens with one attached hydrogen (secondary N) is 1. The van der Waals surface area contributed by atoms with Crippen LogP contribution < -0.4 is 11.1 Å². The van der Waals surface area contributed by atoms with E-state index in [0.717, 1.165) is 6.42 Å². The number of aromatic carboxylic acids is 1. The zero-order valence-corrected chi connectivity index (χ0v) is 11.4. The van der Waals surface area contributed by atoms with Crippen LogP contribution in [0, 0.1) is 0 Å². The van der Waals surface area contributed by atoms with Crippen LogP contribution in [0.2, 0.25) is 5.02 Å². The normalized spacial score (nSPS) is 11.9. The maximum Gasteiger partial charge on any atom is 0.335 e. The van der Waals surface area contributed by atoms with Gasteiger partial charge in [0.05, 0.1) is 5.56 Å². The van der Waals surface area contributed by atoms with E-state index in [1.54, 1.807) is 0 Å². The summed E-state index contributed by atoms with van der Waals surface area (Å²) < 4.78 is 0. The quantitative estimate of drug-likeness (QED) is 0.748. The monoisotopic (exact) mass is 284 g/mol. The van der Waals surface area contributed by atoms with E-state index in [9.17, 15) is 9.59 Å². The Bertz CT molecular complexity index is 475. The molecule has 0 saturated carbocycles. The highest BCUT2D eigenvalue weighted by atomic mass is 35.5. The smallest absolute Gasteiger partial charge is 0.335 e. The number of anilines is 1. The van der Waals surface area contributed by atoms with Crippen LogP contribution >= 0.6 is 11.6 Å². The van der Waals surface area contributed by atoms with Crippen molar-refractivity contribution >= 4 is 29.2 Å². The molecule has 0 heterocycles. The predicted octanol–water partition coefficient (Wildman–Crippen LogP) is 2.49. The number of carboxylic acids is 1. The molecule has 0 aliphatic carbocycles. The van der Waals surface area contributed by atoms with Crippen molar-refractivity contribution < 1.29 is 14.7 Å². The van der Waals surface area contributed by atoms with Gasteiger partial charge in [0.2, 0.25) is 5.91 Å². The van der Waals surface area contributed by atoms with Gasteiger partial charge in [-0.25, -0.2) is 4.79 Å². The zero-order valence-electron chi connectivity index (χ0n) is 10.6. The maximum absolute atomic E-state index is 11.6. The van der Waals surface area contributed by atoms with Crippen molar-refractivity contribution in [3.8, 4) is 0 Å². The van der Waals surface area contributed by atoms with Gasteiger partial charge in [-0.1, -0.05) is 11.6 Å². The van der Waals surface area contributed by atoms with Crippen molar-refractivity contribution in [3.05, 3.63) is 28.8 Å². The van der Waals surface area contributed by atoms with E-state index in [-0.39, 0.29) is 22.5 Å². The third kappa shape index (κ3) is 5.72. The Morgan fingerprint density at radius 3 is 2.68 bits per heavy atom. The molecule has 1 aromatic carbocycles. The molecule has 1 unspecified atom stereocenters. The number of nitrogens with two attached hydrogens (primary N) is 1. The van der Waals surface area contributed by atoms with Gasteiger partial charge >= 0.3 is 5.97 Å². The van der Waals surface area contributed by atoms with Crippen molar-refractivity contribution in [2.45, 2.75) is 32.2 Å². The lowest BCUT2D eigenvalue weighted by molar-refractivity contribution is -0.116. The standard InChI is InChI=1S/C13H17ClN2O3/c1-8(15)3-2-4-12(17)16-11-6-9(13(18)19)5-10(14)7-11/h5-8H,2-4,15H2,1H3,(H,16,17)(H,18,19). The first-order valence-corrected chi connectivity index (χ1v) is 6.35. The molecule has 1 atom stereocenters. The summed E-state index contributed by atoms with van der Waals surface area (Å²) in [5.41, 5.74) is 6.01. The highest BCUT2D eigenvalue weighted by Crippen LogP contribution is 2.19. The van der Waals surface area contributed by atoms with Crippen LogP contribution in [0.15, 0.2) is 18.2 Å². The molecule has 1 rings (SSSR count). The van der Waals surface area contributed by atoms with E-state index in [4.69, 9.17) is 22.4 Å². The van der Waals surface area contributed by atoms with E-state index in [2.05, 4.69) is 5.32 Å².